The molecule has 0 aromatic heterocycles. The lowest BCUT2D eigenvalue weighted by atomic mass is 10.2. The first-order valence-electron chi connectivity index (χ1n) is 6.24. The molecule has 2 aromatic rings. The van der Waals surface area contributed by atoms with Crippen LogP contribution < -0.4 is 15.8 Å². The van der Waals surface area contributed by atoms with Crippen molar-refractivity contribution in [3.05, 3.63) is 52.3 Å². The number of rotatable bonds is 5. The fraction of sp³-hybridized carbons (Fsp3) is 0.200. The van der Waals surface area contributed by atoms with Gasteiger partial charge in [0.15, 0.2) is 0 Å². The van der Waals surface area contributed by atoms with Crippen LogP contribution in [0.2, 0.25) is 0 Å². The summed E-state index contributed by atoms with van der Waals surface area (Å²) in [5.74, 6) is 0.462. The van der Waals surface area contributed by atoms with E-state index in [2.05, 4.69) is 21.2 Å². The molecule has 0 saturated carbocycles. The van der Waals surface area contributed by atoms with Gasteiger partial charge in [0.25, 0.3) is 0 Å². The normalized spacial score (nSPS) is 10.3. The van der Waals surface area contributed by atoms with E-state index < -0.39 is 0 Å². The lowest BCUT2D eigenvalue weighted by Gasteiger charge is -2.11. The van der Waals surface area contributed by atoms with Crippen molar-refractivity contribution in [2.45, 2.75) is 6.92 Å². The van der Waals surface area contributed by atoms with E-state index in [4.69, 9.17) is 10.5 Å². The van der Waals surface area contributed by atoms with Gasteiger partial charge in [-0.1, -0.05) is 12.1 Å². The maximum atomic E-state index is 13.2. The summed E-state index contributed by atoms with van der Waals surface area (Å²) < 4.78 is 19.2. The summed E-state index contributed by atoms with van der Waals surface area (Å²) in [6, 6.07) is 10.8. The van der Waals surface area contributed by atoms with Crippen LogP contribution in [-0.2, 0) is 0 Å². The van der Waals surface area contributed by atoms with Gasteiger partial charge >= 0.3 is 0 Å². The number of nitrogens with one attached hydrogen (secondary N) is 1. The second kappa shape index (κ2) is 6.61. The first-order chi connectivity index (χ1) is 9.56. The Morgan fingerprint density at radius 3 is 2.85 bits per heavy atom. The van der Waals surface area contributed by atoms with Crippen LogP contribution in [-0.4, -0.2) is 13.2 Å². The number of nitrogen functional groups attached to an aromatic ring is 1. The Bertz CT molecular complexity index is 604. The molecular weight excluding hydrogens is 323 g/mol. The zero-order valence-electron chi connectivity index (χ0n) is 11.1. The average Bonchev–Trinajstić information content (AvgIpc) is 2.40. The summed E-state index contributed by atoms with van der Waals surface area (Å²) in [6.45, 7) is 3.09. The van der Waals surface area contributed by atoms with Crippen LogP contribution in [0.3, 0.4) is 0 Å². The summed E-state index contributed by atoms with van der Waals surface area (Å²) in [5, 5.41) is 3.12. The van der Waals surface area contributed by atoms with Gasteiger partial charge in [0.1, 0.15) is 18.2 Å². The molecule has 2 aromatic carbocycles. The number of ether oxygens (including phenoxy) is 1. The van der Waals surface area contributed by atoms with Crippen molar-refractivity contribution >= 4 is 27.3 Å². The highest BCUT2D eigenvalue weighted by Crippen LogP contribution is 2.26. The van der Waals surface area contributed by atoms with E-state index in [1.54, 1.807) is 6.07 Å². The van der Waals surface area contributed by atoms with Crippen LogP contribution in [0.25, 0.3) is 0 Å². The molecule has 0 spiro atoms. The molecule has 3 nitrogen and oxygen atoms in total. The van der Waals surface area contributed by atoms with Gasteiger partial charge in [-0.3, -0.25) is 0 Å². The van der Waals surface area contributed by atoms with Crippen molar-refractivity contribution in [1.82, 2.24) is 0 Å². The second-order valence-electron chi connectivity index (χ2n) is 4.45. The van der Waals surface area contributed by atoms with Gasteiger partial charge in [-0.2, -0.15) is 0 Å². The molecule has 0 fully saturated rings. The Morgan fingerprint density at radius 1 is 1.30 bits per heavy atom. The molecule has 3 N–H and O–H groups in total. The molecular formula is C15H16BrFN2O. The monoisotopic (exact) mass is 338 g/mol. The number of hydrogen-bond donors (Lipinski definition) is 2. The predicted molar refractivity (Wildman–Crippen MR) is 83.7 cm³/mol. The van der Waals surface area contributed by atoms with E-state index in [-0.39, 0.29) is 5.82 Å². The number of nitrogens with two attached hydrogens (primary N) is 1. The lowest BCUT2D eigenvalue weighted by Crippen LogP contribution is -2.12. The second-order valence-corrected chi connectivity index (χ2v) is 5.30. The largest absolute Gasteiger partial charge is 0.492 e. The molecule has 0 aliphatic rings. The van der Waals surface area contributed by atoms with E-state index >= 15 is 0 Å². The van der Waals surface area contributed by atoms with Gasteiger partial charge < -0.3 is 15.8 Å². The van der Waals surface area contributed by atoms with E-state index in [9.17, 15) is 4.39 Å². The molecule has 0 aliphatic heterocycles. The molecule has 0 atom stereocenters. The minimum absolute atomic E-state index is 0.371. The van der Waals surface area contributed by atoms with Crippen molar-refractivity contribution in [2.24, 2.45) is 0 Å². The average molecular weight is 339 g/mol. The first-order valence-corrected chi connectivity index (χ1v) is 7.03. The molecule has 0 amide bonds. The van der Waals surface area contributed by atoms with Gasteiger partial charge in [-0.15, -0.1) is 0 Å². The molecule has 2 rings (SSSR count). The Morgan fingerprint density at radius 2 is 2.10 bits per heavy atom. The third-order valence-electron chi connectivity index (χ3n) is 2.77. The van der Waals surface area contributed by atoms with Gasteiger partial charge in [0.2, 0.25) is 0 Å². The molecule has 20 heavy (non-hydrogen) atoms. The molecule has 0 unspecified atom stereocenters. The van der Waals surface area contributed by atoms with Crippen LogP contribution in [0.1, 0.15) is 5.56 Å². The third-order valence-corrected chi connectivity index (χ3v) is 3.38. The Labute approximate surface area is 126 Å². The number of benzene rings is 2. The fourth-order valence-corrected chi connectivity index (χ4v) is 2.12. The SMILES string of the molecule is Cc1cccc(OCCNc2cc(Br)c(F)cc2N)c1. The number of halogens is 2. The quantitative estimate of drug-likeness (QED) is 0.640. The predicted octanol–water partition coefficient (Wildman–Crippen LogP) is 3.97. The Hall–Kier alpha value is -1.75. The first kappa shape index (κ1) is 14.7. The molecule has 5 heteroatoms. The van der Waals surface area contributed by atoms with E-state index in [0.29, 0.717) is 29.0 Å². The van der Waals surface area contributed by atoms with Crippen LogP contribution >= 0.6 is 15.9 Å². The molecule has 0 aliphatic carbocycles. The third kappa shape index (κ3) is 3.87. The summed E-state index contributed by atoms with van der Waals surface area (Å²) in [6.07, 6.45) is 0. The number of aryl methyl sites for hydroxylation is 1. The Balaban J connectivity index is 1.86. The highest BCUT2D eigenvalue weighted by Gasteiger charge is 2.05. The highest BCUT2D eigenvalue weighted by molar-refractivity contribution is 9.10. The Kier molecular flexibility index (Phi) is 4.84. The van der Waals surface area contributed by atoms with Gasteiger partial charge in [-0.05, 0) is 46.6 Å². The van der Waals surface area contributed by atoms with Crippen molar-refractivity contribution in [3.8, 4) is 5.75 Å². The molecule has 0 radical (unpaired) electrons. The maximum Gasteiger partial charge on any atom is 0.139 e. The standard InChI is InChI=1S/C15H16BrFN2O/c1-10-3-2-4-11(7-10)20-6-5-19-15-8-12(16)13(17)9-14(15)18/h2-4,7-9,19H,5-6,18H2,1H3. The van der Waals surface area contributed by atoms with E-state index in [1.807, 2.05) is 31.2 Å². The summed E-state index contributed by atoms with van der Waals surface area (Å²) >= 11 is 3.13. The topological polar surface area (TPSA) is 47.3 Å². The lowest BCUT2D eigenvalue weighted by molar-refractivity contribution is 0.332. The van der Waals surface area contributed by atoms with Crippen molar-refractivity contribution in [2.75, 3.05) is 24.2 Å². The van der Waals surface area contributed by atoms with E-state index in [1.165, 1.54) is 6.07 Å². The minimum Gasteiger partial charge on any atom is -0.492 e. The van der Waals surface area contributed by atoms with Crippen LogP contribution in [0.15, 0.2) is 40.9 Å². The van der Waals surface area contributed by atoms with Crippen molar-refractivity contribution < 1.29 is 9.13 Å². The van der Waals surface area contributed by atoms with E-state index in [0.717, 1.165) is 11.3 Å². The zero-order valence-corrected chi connectivity index (χ0v) is 12.7. The maximum absolute atomic E-state index is 13.2. The molecule has 0 bridgehead atoms. The van der Waals surface area contributed by atoms with Crippen LogP contribution in [0.5, 0.6) is 5.75 Å². The molecule has 0 heterocycles. The van der Waals surface area contributed by atoms with Gasteiger partial charge in [0.05, 0.1) is 15.8 Å². The van der Waals surface area contributed by atoms with Crippen molar-refractivity contribution in [1.29, 1.82) is 0 Å². The summed E-state index contributed by atoms with van der Waals surface area (Å²) in [5.41, 5.74) is 7.96. The van der Waals surface area contributed by atoms with Gasteiger partial charge in [0, 0.05) is 12.6 Å². The fourth-order valence-electron chi connectivity index (χ4n) is 1.78. The summed E-state index contributed by atoms with van der Waals surface area (Å²) in [4.78, 5) is 0. The van der Waals surface area contributed by atoms with Gasteiger partial charge in [-0.25, -0.2) is 4.39 Å². The summed E-state index contributed by atoms with van der Waals surface area (Å²) in [7, 11) is 0. The van der Waals surface area contributed by atoms with Crippen LogP contribution in [0, 0.1) is 12.7 Å². The minimum atomic E-state index is -0.371. The van der Waals surface area contributed by atoms with Crippen molar-refractivity contribution in [3.63, 3.8) is 0 Å². The van der Waals surface area contributed by atoms with Crippen LogP contribution in [0.4, 0.5) is 15.8 Å². The molecule has 106 valence electrons. The molecule has 0 saturated heterocycles. The smallest absolute Gasteiger partial charge is 0.139 e. The highest BCUT2D eigenvalue weighted by atomic mass is 79.9. The number of hydrogen-bond acceptors (Lipinski definition) is 3. The zero-order chi connectivity index (χ0) is 14.5. The number of anilines is 2.